The second-order valence-electron chi connectivity index (χ2n) is 4.51. The molecule has 0 bridgehead atoms. The van der Waals surface area contributed by atoms with Gasteiger partial charge in [0.1, 0.15) is 0 Å². The van der Waals surface area contributed by atoms with Crippen molar-refractivity contribution in [3.8, 4) is 0 Å². The van der Waals surface area contributed by atoms with E-state index < -0.39 is 0 Å². The predicted molar refractivity (Wildman–Crippen MR) is 68.8 cm³/mol. The molecule has 0 heterocycles. The van der Waals surface area contributed by atoms with Gasteiger partial charge in [-0.2, -0.15) is 0 Å². The van der Waals surface area contributed by atoms with Gasteiger partial charge in [0, 0.05) is 19.5 Å². The van der Waals surface area contributed by atoms with Crippen molar-refractivity contribution in [1.29, 1.82) is 5.41 Å². The lowest BCUT2D eigenvalue weighted by atomic mass is 10.1. The van der Waals surface area contributed by atoms with Crippen molar-refractivity contribution in [3.63, 3.8) is 0 Å². The van der Waals surface area contributed by atoms with Crippen LogP contribution in [0.4, 0.5) is 0 Å². The van der Waals surface area contributed by atoms with Crippen molar-refractivity contribution in [2.24, 2.45) is 5.73 Å². The minimum absolute atomic E-state index is 0.257. The van der Waals surface area contributed by atoms with Gasteiger partial charge in [-0.3, -0.25) is 5.41 Å². The molecule has 1 aromatic carbocycles. The minimum atomic E-state index is 0.257. The second-order valence-corrected chi connectivity index (χ2v) is 4.51. The second kappa shape index (κ2) is 5.66. The number of aryl methyl sites for hydroxylation is 2. The van der Waals surface area contributed by atoms with Crippen LogP contribution in [0.15, 0.2) is 18.2 Å². The molecule has 0 atom stereocenters. The number of benzene rings is 1. The lowest BCUT2D eigenvalue weighted by Gasteiger charge is -2.16. The summed E-state index contributed by atoms with van der Waals surface area (Å²) in [6, 6.07) is 6.59. The molecule has 3 N–H and O–H groups in total. The number of hydrogen-bond acceptors (Lipinski definition) is 2. The molecule has 0 radical (unpaired) electrons. The summed E-state index contributed by atoms with van der Waals surface area (Å²) < 4.78 is 0. The highest BCUT2D eigenvalue weighted by molar-refractivity contribution is 5.76. The van der Waals surface area contributed by atoms with E-state index >= 15 is 0 Å². The molecule has 0 amide bonds. The van der Waals surface area contributed by atoms with Crippen LogP contribution in [0.3, 0.4) is 0 Å². The van der Waals surface area contributed by atoms with Gasteiger partial charge < -0.3 is 10.6 Å². The molecular weight excluding hydrogens is 198 g/mol. The normalized spacial score (nSPS) is 10.8. The zero-order valence-corrected chi connectivity index (χ0v) is 10.4. The van der Waals surface area contributed by atoms with Gasteiger partial charge in [-0.05, 0) is 26.5 Å². The Balaban J connectivity index is 2.55. The van der Waals surface area contributed by atoms with Crippen molar-refractivity contribution < 1.29 is 0 Å². The summed E-state index contributed by atoms with van der Waals surface area (Å²) in [5, 5.41) is 7.19. The van der Waals surface area contributed by atoms with Crippen LogP contribution in [-0.4, -0.2) is 24.3 Å². The average Bonchev–Trinajstić information content (AvgIpc) is 2.12. The summed E-state index contributed by atoms with van der Waals surface area (Å²) in [6.07, 6.45) is 0.640. The van der Waals surface area contributed by atoms with Crippen LogP contribution in [0.5, 0.6) is 0 Å². The Morgan fingerprint density at radius 1 is 1.25 bits per heavy atom. The molecule has 88 valence electrons. The zero-order chi connectivity index (χ0) is 12.1. The Morgan fingerprint density at radius 2 is 1.81 bits per heavy atom. The SMILES string of the molecule is Cc1cc(C)cc(CN(C)CCC(=N)N)c1. The lowest BCUT2D eigenvalue weighted by molar-refractivity contribution is 0.336. The molecule has 0 saturated carbocycles. The average molecular weight is 219 g/mol. The molecule has 1 rings (SSSR count). The maximum atomic E-state index is 7.19. The Hall–Kier alpha value is -1.35. The van der Waals surface area contributed by atoms with E-state index in [-0.39, 0.29) is 5.84 Å². The van der Waals surface area contributed by atoms with Gasteiger partial charge in [0.25, 0.3) is 0 Å². The highest BCUT2D eigenvalue weighted by atomic mass is 15.1. The van der Waals surface area contributed by atoms with Crippen molar-refractivity contribution in [3.05, 3.63) is 34.9 Å². The van der Waals surface area contributed by atoms with E-state index in [0.29, 0.717) is 6.42 Å². The molecule has 3 heteroatoms. The Kier molecular flexibility index (Phi) is 4.50. The molecule has 0 aliphatic heterocycles. The number of nitrogens with one attached hydrogen (secondary N) is 1. The number of nitrogens with two attached hydrogens (primary N) is 1. The van der Waals surface area contributed by atoms with Crippen LogP contribution in [-0.2, 0) is 6.54 Å². The largest absolute Gasteiger partial charge is 0.388 e. The van der Waals surface area contributed by atoms with E-state index in [2.05, 4.69) is 44.0 Å². The Bertz CT molecular complexity index is 351. The Labute approximate surface area is 97.8 Å². The molecular formula is C13H21N3. The minimum Gasteiger partial charge on any atom is -0.388 e. The van der Waals surface area contributed by atoms with Crippen LogP contribution in [0.2, 0.25) is 0 Å². The molecule has 0 fully saturated rings. The van der Waals surface area contributed by atoms with E-state index in [1.165, 1.54) is 16.7 Å². The fourth-order valence-electron chi connectivity index (χ4n) is 1.86. The zero-order valence-electron chi connectivity index (χ0n) is 10.4. The van der Waals surface area contributed by atoms with Gasteiger partial charge in [-0.25, -0.2) is 0 Å². The molecule has 1 aromatic rings. The van der Waals surface area contributed by atoms with Crippen molar-refractivity contribution >= 4 is 5.84 Å². The highest BCUT2D eigenvalue weighted by Crippen LogP contribution is 2.10. The summed E-state index contributed by atoms with van der Waals surface area (Å²) in [6.45, 7) is 5.98. The van der Waals surface area contributed by atoms with Gasteiger partial charge in [-0.15, -0.1) is 0 Å². The maximum absolute atomic E-state index is 7.19. The van der Waals surface area contributed by atoms with Crippen LogP contribution < -0.4 is 5.73 Å². The predicted octanol–water partition coefficient (Wildman–Crippen LogP) is 2.06. The van der Waals surface area contributed by atoms with Gasteiger partial charge in [-0.1, -0.05) is 29.3 Å². The lowest BCUT2D eigenvalue weighted by Crippen LogP contribution is -2.23. The molecule has 0 aromatic heterocycles. The number of hydrogen-bond donors (Lipinski definition) is 2. The third-order valence-corrected chi connectivity index (χ3v) is 2.50. The van der Waals surface area contributed by atoms with E-state index in [9.17, 15) is 0 Å². The molecule has 0 spiro atoms. The first-order valence-electron chi connectivity index (χ1n) is 5.56. The number of rotatable bonds is 5. The van der Waals surface area contributed by atoms with Gasteiger partial charge >= 0.3 is 0 Å². The van der Waals surface area contributed by atoms with Crippen LogP contribution in [0.1, 0.15) is 23.1 Å². The fraction of sp³-hybridized carbons (Fsp3) is 0.462. The fourth-order valence-corrected chi connectivity index (χ4v) is 1.86. The number of amidine groups is 1. The third kappa shape index (κ3) is 4.45. The van der Waals surface area contributed by atoms with Crippen LogP contribution in [0.25, 0.3) is 0 Å². The van der Waals surface area contributed by atoms with Gasteiger partial charge in [0.05, 0.1) is 5.84 Å². The first-order chi connectivity index (χ1) is 7.47. The first-order valence-corrected chi connectivity index (χ1v) is 5.56. The molecule has 0 saturated heterocycles. The molecule has 0 aliphatic carbocycles. The number of nitrogens with zero attached hydrogens (tertiary/aromatic N) is 1. The molecule has 0 aliphatic rings. The Morgan fingerprint density at radius 3 is 2.31 bits per heavy atom. The van der Waals surface area contributed by atoms with Crippen molar-refractivity contribution in [2.45, 2.75) is 26.8 Å². The molecule has 3 nitrogen and oxygen atoms in total. The van der Waals surface area contributed by atoms with Gasteiger partial charge in [0.2, 0.25) is 0 Å². The van der Waals surface area contributed by atoms with E-state index in [4.69, 9.17) is 11.1 Å². The summed E-state index contributed by atoms with van der Waals surface area (Å²) in [7, 11) is 2.06. The quantitative estimate of drug-likeness (QED) is 0.588. The summed E-state index contributed by atoms with van der Waals surface area (Å²) in [5.74, 6) is 0.257. The van der Waals surface area contributed by atoms with Crippen molar-refractivity contribution in [1.82, 2.24) is 4.90 Å². The maximum Gasteiger partial charge on any atom is 0.0918 e. The van der Waals surface area contributed by atoms with Crippen LogP contribution in [0, 0.1) is 19.3 Å². The van der Waals surface area contributed by atoms with E-state index in [1.54, 1.807) is 0 Å². The molecule has 0 unspecified atom stereocenters. The first kappa shape index (κ1) is 12.7. The van der Waals surface area contributed by atoms with Crippen molar-refractivity contribution in [2.75, 3.05) is 13.6 Å². The standard InChI is InChI=1S/C13H21N3/c1-10-6-11(2)8-12(7-10)9-16(3)5-4-13(14)15/h6-8H,4-5,9H2,1-3H3,(H3,14,15). The third-order valence-electron chi connectivity index (χ3n) is 2.50. The van der Waals surface area contributed by atoms with E-state index in [0.717, 1.165) is 13.1 Å². The summed E-state index contributed by atoms with van der Waals surface area (Å²) in [5.41, 5.74) is 9.26. The summed E-state index contributed by atoms with van der Waals surface area (Å²) in [4.78, 5) is 2.19. The van der Waals surface area contributed by atoms with E-state index in [1.807, 2.05) is 0 Å². The van der Waals surface area contributed by atoms with Gasteiger partial charge in [0.15, 0.2) is 0 Å². The topological polar surface area (TPSA) is 53.1 Å². The molecule has 16 heavy (non-hydrogen) atoms. The van der Waals surface area contributed by atoms with Crippen LogP contribution >= 0.6 is 0 Å². The highest BCUT2D eigenvalue weighted by Gasteiger charge is 2.02. The summed E-state index contributed by atoms with van der Waals surface area (Å²) >= 11 is 0. The monoisotopic (exact) mass is 219 g/mol. The smallest absolute Gasteiger partial charge is 0.0918 e.